The normalized spacial score (nSPS) is 14.7. The van der Waals surface area contributed by atoms with Crippen molar-refractivity contribution in [1.82, 2.24) is 0 Å². The highest BCUT2D eigenvalue weighted by molar-refractivity contribution is 7.47. The predicted molar refractivity (Wildman–Crippen MR) is 119 cm³/mol. The summed E-state index contributed by atoms with van der Waals surface area (Å²) in [6.07, 6.45) is -1.08. The Bertz CT molecular complexity index is 810. The van der Waals surface area contributed by atoms with Crippen molar-refractivity contribution in [3.05, 3.63) is 24.3 Å². The topological polar surface area (TPSA) is 211 Å². The minimum absolute atomic E-state index is 0.125. The van der Waals surface area contributed by atoms with Gasteiger partial charge in [-0.15, -0.1) is 0 Å². The van der Waals surface area contributed by atoms with E-state index in [1.807, 2.05) is 0 Å². The van der Waals surface area contributed by atoms with Crippen LogP contribution in [-0.2, 0) is 55.8 Å². The van der Waals surface area contributed by atoms with E-state index >= 15 is 0 Å². The summed E-state index contributed by atoms with van der Waals surface area (Å²) in [7, 11) is -7.33. The number of phosphoric ester groups is 2. The molecule has 35 heavy (non-hydrogen) atoms. The van der Waals surface area contributed by atoms with Gasteiger partial charge in [0.2, 0.25) is 0 Å². The molecule has 3 atom stereocenters. The van der Waals surface area contributed by atoms with Crippen molar-refractivity contribution in [3.8, 4) is 0 Å². The van der Waals surface area contributed by atoms with Gasteiger partial charge in [-0.3, -0.25) is 22.9 Å². The second kappa shape index (κ2) is 18.4. The fourth-order valence-electron chi connectivity index (χ4n) is 1.45. The maximum absolute atomic E-state index is 11.4. The van der Waals surface area contributed by atoms with E-state index < -0.39 is 52.9 Å². The maximum atomic E-state index is 11.4. The van der Waals surface area contributed by atoms with Gasteiger partial charge in [0, 0.05) is 25.2 Å². The molecule has 0 saturated carbocycles. The van der Waals surface area contributed by atoms with Crippen LogP contribution in [0, 0.1) is 0 Å². The molecule has 0 saturated heterocycles. The zero-order chi connectivity index (χ0) is 27.7. The Balaban J connectivity index is 0. The fourth-order valence-corrected chi connectivity index (χ4v) is 2.59. The smallest absolute Gasteiger partial charge is 0.460 e. The molecule has 0 rings (SSSR count). The van der Waals surface area contributed by atoms with Crippen LogP contribution >= 0.6 is 15.6 Å². The number of phosphoric acid groups is 2. The number of aliphatic hydroxyl groups excluding tert-OH is 1. The van der Waals surface area contributed by atoms with Gasteiger partial charge in [-0.25, -0.2) is 18.7 Å². The van der Waals surface area contributed by atoms with Crippen molar-refractivity contribution < 1.29 is 70.7 Å². The molecule has 0 radical (unpaired) electrons. The van der Waals surface area contributed by atoms with Crippen molar-refractivity contribution in [2.75, 3.05) is 46.8 Å². The lowest BCUT2D eigenvalue weighted by Crippen LogP contribution is -2.25. The zero-order valence-electron chi connectivity index (χ0n) is 19.9. The molecular weight excluding hydrogens is 518 g/mol. The Morgan fingerprint density at radius 2 is 1.23 bits per heavy atom. The average molecular weight is 550 g/mol. The van der Waals surface area contributed by atoms with Gasteiger partial charge >= 0.3 is 33.6 Å². The van der Waals surface area contributed by atoms with Crippen molar-refractivity contribution in [3.63, 3.8) is 0 Å². The zero-order valence-corrected chi connectivity index (χ0v) is 21.7. The molecule has 0 aliphatic rings. The van der Waals surface area contributed by atoms with Crippen LogP contribution in [0.3, 0.4) is 0 Å². The molecule has 0 aromatic rings. The Labute approximate surface area is 202 Å². The van der Waals surface area contributed by atoms with Gasteiger partial charge < -0.3 is 29.1 Å². The van der Waals surface area contributed by atoms with Gasteiger partial charge in [-0.05, 0) is 13.8 Å². The molecule has 0 aliphatic carbocycles. The van der Waals surface area contributed by atoms with Crippen LogP contribution in [0.25, 0.3) is 0 Å². The van der Waals surface area contributed by atoms with Gasteiger partial charge in [-0.1, -0.05) is 13.2 Å². The van der Waals surface area contributed by atoms with Crippen molar-refractivity contribution in [2.24, 2.45) is 0 Å². The van der Waals surface area contributed by atoms with Gasteiger partial charge in [-0.2, -0.15) is 0 Å². The van der Waals surface area contributed by atoms with E-state index in [0.29, 0.717) is 0 Å². The molecule has 0 heterocycles. The fraction of sp³-hybridized carbons (Fsp3) is 0.611. The van der Waals surface area contributed by atoms with Crippen molar-refractivity contribution in [1.29, 1.82) is 0 Å². The average Bonchev–Trinajstić information content (AvgIpc) is 2.76. The number of esters is 3. The number of rotatable bonds is 16. The van der Waals surface area contributed by atoms with Crippen LogP contribution in [0.2, 0.25) is 0 Å². The van der Waals surface area contributed by atoms with Crippen molar-refractivity contribution in [2.45, 2.75) is 26.9 Å². The molecule has 204 valence electrons. The van der Waals surface area contributed by atoms with E-state index in [4.69, 9.17) is 10.00 Å². The molecule has 0 aliphatic heterocycles. The Morgan fingerprint density at radius 1 is 0.800 bits per heavy atom. The third-order valence-electron chi connectivity index (χ3n) is 3.03. The highest BCUT2D eigenvalue weighted by Crippen LogP contribution is 2.43. The summed E-state index contributed by atoms with van der Waals surface area (Å²) >= 11 is 0. The second-order valence-electron chi connectivity index (χ2n) is 6.33. The number of hydrogen-bond donors (Lipinski definition) is 3. The summed E-state index contributed by atoms with van der Waals surface area (Å²) in [5.41, 5.74) is 0.439. The van der Waals surface area contributed by atoms with E-state index in [1.165, 1.54) is 13.8 Å². The van der Waals surface area contributed by atoms with E-state index in [0.717, 1.165) is 14.0 Å². The molecular formula is C18H32O15P2. The van der Waals surface area contributed by atoms with Gasteiger partial charge in [0.25, 0.3) is 0 Å². The first kappa shape index (κ1) is 35.2. The van der Waals surface area contributed by atoms with Crippen LogP contribution < -0.4 is 0 Å². The number of aliphatic hydroxyl groups is 1. The lowest BCUT2D eigenvalue weighted by Gasteiger charge is -2.17. The minimum Gasteiger partial charge on any atom is -0.460 e. The summed E-state index contributed by atoms with van der Waals surface area (Å²) in [6, 6.07) is 0. The molecule has 17 heteroatoms. The Kier molecular flexibility index (Phi) is 18.5. The lowest BCUT2D eigenvalue weighted by atomic mass is 10.4. The van der Waals surface area contributed by atoms with Crippen LogP contribution in [0.1, 0.15) is 20.8 Å². The number of ether oxygens (including phenoxy) is 3. The van der Waals surface area contributed by atoms with E-state index in [9.17, 15) is 28.4 Å². The van der Waals surface area contributed by atoms with E-state index in [1.54, 1.807) is 0 Å². The van der Waals surface area contributed by atoms with Crippen LogP contribution in [0.15, 0.2) is 24.3 Å². The highest BCUT2D eigenvalue weighted by Gasteiger charge is 2.24. The first-order chi connectivity index (χ1) is 16.1. The summed E-state index contributed by atoms with van der Waals surface area (Å²) in [5.74, 6) is -1.89. The van der Waals surface area contributed by atoms with E-state index in [-0.39, 0.29) is 37.6 Å². The monoisotopic (exact) mass is 550 g/mol. The van der Waals surface area contributed by atoms with Crippen LogP contribution in [0.5, 0.6) is 0 Å². The van der Waals surface area contributed by atoms with E-state index in [2.05, 4.69) is 45.5 Å². The minimum atomic E-state index is -4.40. The Morgan fingerprint density at radius 3 is 1.57 bits per heavy atom. The van der Waals surface area contributed by atoms with Gasteiger partial charge in [0.15, 0.2) is 0 Å². The number of carbonyl (C=O) groups excluding carboxylic acids is 3. The number of carbonyl (C=O) groups is 3. The third-order valence-corrected chi connectivity index (χ3v) is 4.98. The number of hydrogen-bond acceptors (Lipinski definition) is 13. The van der Waals surface area contributed by atoms with Crippen LogP contribution in [0.4, 0.5) is 0 Å². The predicted octanol–water partition coefficient (Wildman–Crippen LogP) is 1.03. The molecule has 3 N–H and O–H groups in total. The Hall–Kier alpha value is -1.93. The summed E-state index contributed by atoms with van der Waals surface area (Å²) in [4.78, 5) is 50.5. The molecule has 0 spiro atoms. The molecule has 3 unspecified atom stereocenters. The summed E-state index contributed by atoms with van der Waals surface area (Å²) in [6.45, 7) is 8.72. The molecule has 0 aromatic heterocycles. The quantitative estimate of drug-likeness (QED) is 0.0805. The standard InChI is InChI=1S/C11H19O9P.C7H13O6P/c1-8(2)11(14)17-4-5-18-21(15,16)19-7-10(6-12)20-9(3)13;1-6(2)7(8)12-4-5-13-14(9,10)11-3/h10,12H,1,4-7H2,2-3H3,(H,15,16);1,4-5H2,2-3H3,(H,9,10). The second-order valence-corrected chi connectivity index (χ2v) is 9.34. The molecule has 0 bridgehead atoms. The lowest BCUT2D eigenvalue weighted by molar-refractivity contribution is -0.150. The molecule has 0 fully saturated rings. The molecule has 0 amide bonds. The van der Waals surface area contributed by atoms with Crippen molar-refractivity contribution >= 4 is 33.6 Å². The highest BCUT2D eigenvalue weighted by atomic mass is 31.2. The first-order valence-corrected chi connectivity index (χ1v) is 12.6. The summed E-state index contributed by atoms with van der Waals surface area (Å²) < 4.78 is 53.5. The largest absolute Gasteiger partial charge is 0.472 e. The first-order valence-electron chi connectivity index (χ1n) is 9.65. The SMILES string of the molecule is C=C(C)C(=O)OCCOP(=O)(O)OC.C=C(C)C(=O)OCCOP(=O)(O)OCC(CO)OC(C)=O. The molecule has 0 aromatic carbocycles. The van der Waals surface area contributed by atoms with Gasteiger partial charge in [0.05, 0.1) is 26.4 Å². The summed E-state index contributed by atoms with van der Waals surface area (Å²) in [5, 5.41) is 8.86. The van der Waals surface area contributed by atoms with Gasteiger partial charge in [0.1, 0.15) is 19.3 Å². The van der Waals surface area contributed by atoms with Crippen LogP contribution in [-0.4, -0.2) is 85.7 Å². The molecule has 15 nitrogen and oxygen atoms in total. The third kappa shape index (κ3) is 21.1. The maximum Gasteiger partial charge on any atom is 0.472 e.